The van der Waals surface area contributed by atoms with Crippen molar-refractivity contribution in [3.8, 4) is 11.8 Å². The molecule has 1 atom stereocenters. The fourth-order valence-corrected chi connectivity index (χ4v) is 1.78. The Balaban J connectivity index is 1.99. The molecule has 21 heavy (non-hydrogen) atoms. The van der Waals surface area contributed by atoms with Crippen molar-refractivity contribution < 1.29 is 9.53 Å². The molecule has 0 aromatic heterocycles. The number of rotatable bonds is 4. The van der Waals surface area contributed by atoms with Crippen LogP contribution in [-0.2, 0) is 4.79 Å². The second-order valence-electron chi connectivity index (χ2n) is 4.75. The van der Waals surface area contributed by atoms with E-state index < -0.39 is 6.10 Å². The van der Waals surface area contributed by atoms with E-state index in [2.05, 4.69) is 5.32 Å². The Morgan fingerprint density at radius 2 is 1.95 bits per heavy atom. The largest absolute Gasteiger partial charge is 0.481 e. The zero-order chi connectivity index (χ0) is 15.2. The highest BCUT2D eigenvalue weighted by atomic mass is 16.5. The summed E-state index contributed by atoms with van der Waals surface area (Å²) in [5.74, 6) is 0.389. The first-order valence-corrected chi connectivity index (χ1v) is 6.63. The fraction of sp³-hybridized carbons (Fsp3) is 0.176. The standard InChI is InChI=1S/C17H16N2O2/c1-12-6-8-16(9-7-12)21-13(2)17(20)19-15-5-3-4-14(10-15)11-18/h3-10,13H,1-2H3,(H,19,20). The average molecular weight is 280 g/mol. The maximum Gasteiger partial charge on any atom is 0.265 e. The van der Waals surface area contributed by atoms with Gasteiger partial charge < -0.3 is 10.1 Å². The maximum atomic E-state index is 12.1. The minimum absolute atomic E-state index is 0.259. The molecule has 0 saturated heterocycles. The van der Waals surface area contributed by atoms with E-state index in [0.29, 0.717) is 17.0 Å². The highest BCUT2D eigenvalue weighted by Gasteiger charge is 2.14. The summed E-state index contributed by atoms with van der Waals surface area (Å²) in [6.07, 6.45) is -0.626. The summed E-state index contributed by atoms with van der Waals surface area (Å²) in [6.45, 7) is 3.67. The maximum absolute atomic E-state index is 12.1. The molecule has 4 nitrogen and oxygen atoms in total. The number of nitrogens with zero attached hydrogens (tertiary/aromatic N) is 1. The normalized spacial score (nSPS) is 11.3. The number of hydrogen-bond acceptors (Lipinski definition) is 3. The molecular formula is C17H16N2O2. The zero-order valence-electron chi connectivity index (χ0n) is 12.0. The molecule has 1 unspecified atom stereocenters. The van der Waals surface area contributed by atoms with Gasteiger partial charge in [0.15, 0.2) is 6.10 Å². The van der Waals surface area contributed by atoms with E-state index in [4.69, 9.17) is 10.00 Å². The number of carbonyl (C=O) groups excluding carboxylic acids is 1. The van der Waals surface area contributed by atoms with E-state index in [0.717, 1.165) is 5.56 Å². The van der Waals surface area contributed by atoms with Gasteiger partial charge in [-0.25, -0.2) is 0 Å². The Bertz CT molecular complexity index is 672. The second-order valence-corrected chi connectivity index (χ2v) is 4.75. The predicted octanol–water partition coefficient (Wildman–Crippen LogP) is 3.27. The van der Waals surface area contributed by atoms with Crippen molar-refractivity contribution in [2.45, 2.75) is 20.0 Å². The number of aryl methyl sites for hydroxylation is 1. The van der Waals surface area contributed by atoms with E-state index in [-0.39, 0.29) is 5.91 Å². The molecule has 0 spiro atoms. The zero-order valence-corrected chi connectivity index (χ0v) is 12.0. The van der Waals surface area contributed by atoms with Crippen molar-refractivity contribution >= 4 is 11.6 Å². The molecule has 0 aliphatic rings. The van der Waals surface area contributed by atoms with Crippen LogP contribution in [0.25, 0.3) is 0 Å². The minimum Gasteiger partial charge on any atom is -0.481 e. The summed E-state index contributed by atoms with van der Waals surface area (Å²) >= 11 is 0. The summed E-state index contributed by atoms with van der Waals surface area (Å²) in [4.78, 5) is 12.1. The van der Waals surface area contributed by atoms with Gasteiger partial charge in [0.1, 0.15) is 5.75 Å². The van der Waals surface area contributed by atoms with Gasteiger partial charge >= 0.3 is 0 Å². The molecule has 0 aliphatic heterocycles. The Labute approximate surface area is 124 Å². The molecule has 0 fully saturated rings. The minimum atomic E-state index is -0.626. The summed E-state index contributed by atoms with van der Waals surface area (Å²) in [7, 11) is 0. The summed E-state index contributed by atoms with van der Waals surface area (Å²) in [5, 5.41) is 11.6. The molecule has 0 saturated carbocycles. The predicted molar refractivity (Wildman–Crippen MR) is 81.1 cm³/mol. The van der Waals surface area contributed by atoms with Crippen LogP contribution in [0, 0.1) is 18.3 Å². The SMILES string of the molecule is Cc1ccc(OC(C)C(=O)Nc2cccc(C#N)c2)cc1. The molecule has 0 heterocycles. The van der Waals surface area contributed by atoms with Gasteiger partial charge in [-0.3, -0.25) is 4.79 Å². The van der Waals surface area contributed by atoms with Crippen LogP contribution < -0.4 is 10.1 Å². The van der Waals surface area contributed by atoms with Crippen LogP contribution in [0.3, 0.4) is 0 Å². The van der Waals surface area contributed by atoms with Gasteiger partial charge in [-0.15, -0.1) is 0 Å². The number of amides is 1. The lowest BCUT2D eigenvalue weighted by molar-refractivity contribution is -0.122. The quantitative estimate of drug-likeness (QED) is 0.935. The van der Waals surface area contributed by atoms with Crippen molar-refractivity contribution in [3.05, 3.63) is 59.7 Å². The molecule has 1 N–H and O–H groups in total. The third kappa shape index (κ3) is 4.08. The van der Waals surface area contributed by atoms with Gasteiger partial charge in [-0.1, -0.05) is 23.8 Å². The highest BCUT2D eigenvalue weighted by Crippen LogP contribution is 2.15. The van der Waals surface area contributed by atoms with E-state index in [1.54, 1.807) is 31.2 Å². The van der Waals surface area contributed by atoms with E-state index >= 15 is 0 Å². The summed E-state index contributed by atoms with van der Waals surface area (Å²) in [6, 6.07) is 16.3. The van der Waals surface area contributed by atoms with Crippen LogP contribution in [0.1, 0.15) is 18.1 Å². The molecular weight excluding hydrogens is 264 g/mol. The van der Waals surface area contributed by atoms with Gasteiger partial charge in [-0.05, 0) is 44.2 Å². The van der Waals surface area contributed by atoms with E-state index in [1.807, 2.05) is 37.3 Å². The Kier molecular flexibility index (Phi) is 4.57. The molecule has 2 aromatic carbocycles. The van der Waals surface area contributed by atoms with Crippen LogP contribution >= 0.6 is 0 Å². The Morgan fingerprint density at radius 3 is 2.62 bits per heavy atom. The first-order chi connectivity index (χ1) is 10.1. The number of anilines is 1. The Hall–Kier alpha value is -2.80. The fourth-order valence-electron chi connectivity index (χ4n) is 1.78. The van der Waals surface area contributed by atoms with Crippen molar-refractivity contribution in [1.29, 1.82) is 5.26 Å². The first-order valence-electron chi connectivity index (χ1n) is 6.63. The monoisotopic (exact) mass is 280 g/mol. The lowest BCUT2D eigenvalue weighted by Gasteiger charge is -2.15. The molecule has 2 aromatic rings. The van der Waals surface area contributed by atoms with Crippen LogP contribution in [0.5, 0.6) is 5.75 Å². The van der Waals surface area contributed by atoms with Gasteiger partial charge in [-0.2, -0.15) is 5.26 Å². The number of ether oxygens (including phenoxy) is 1. The molecule has 0 bridgehead atoms. The van der Waals surface area contributed by atoms with Crippen molar-refractivity contribution in [2.24, 2.45) is 0 Å². The third-order valence-electron chi connectivity index (χ3n) is 2.96. The first kappa shape index (κ1) is 14.6. The molecule has 0 aliphatic carbocycles. The summed E-state index contributed by atoms with van der Waals surface area (Å²) < 4.78 is 5.58. The van der Waals surface area contributed by atoms with Gasteiger partial charge in [0.25, 0.3) is 5.91 Å². The molecule has 2 rings (SSSR count). The highest BCUT2D eigenvalue weighted by molar-refractivity contribution is 5.94. The van der Waals surface area contributed by atoms with Crippen LogP contribution in [-0.4, -0.2) is 12.0 Å². The van der Waals surface area contributed by atoms with E-state index in [1.165, 1.54) is 0 Å². The lowest BCUT2D eigenvalue weighted by Crippen LogP contribution is -2.30. The van der Waals surface area contributed by atoms with Crippen molar-refractivity contribution in [3.63, 3.8) is 0 Å². The number of hydrogen-bond donors (Lipinski definition) is 1. The lowest BCUT2D eigenvalue weighted by atomic mass is 10.2. The topological polar surface area (TPSA) is 62.1 Å². The number of carbonyl (C=O) groups is 1. The van der Waals surface area contributed by atoms with E-state index in [9.17, 15) is 4.79 Å². The van der Waals surface area contributed by atoms with Crippen LogP contribution in [0.2, 0.25) is 0 Å². The molecule has 0 radical (unpaired) electrons. The number of benzene rings is 2. The average Bonchev–Trinajstić information content (AvgIpc) is 2.49. The smallest absolute Gasteiger partial charge is 0.265 e. The van der Waals surface area contributed by atoms with Crippen molar-refractivity contribution in [2.75, 3.05) is 5.32 Å². The number of nitrogens with one attached hydrogen (secondary N) is 1. The third-order valence-corrected chi connectivity index (χ3v) is 2.96. The molecule has 106 valence electrons. The van der Waals surface area contributed by atoms with Crippen LogP contribution in [0.15, 0.2) is 48.5 Å². The number of nitriles is 1. The Morgan fingerprint density at radius 1 is 1.24 bits per heavy atom. The van der Waals surface area contributed by atoms with Gasteiger partial charge in [0, 0.05) is 5.69 Å². The summed E-state index contributed by atoms with van der Waals surface area (Å²) in [5.41, 5.74) is 2.21. The van der Waals surface area contributed by atoms with Crippen molar-refractivity contribution in [1.82, 2.24) is 0 Å². The molecule has 1 amide bonds. The van der Waals surface area contributed by atoms with Gasteiger partial charge in [0.05, 0.1) is 11.6 Å². The van der Waals surface area contributed by atoms with Crippen LogP contribution in [0.4, 0.5) is 5.69 Å². The van der Waals surface area contributed by atoms with Gasteiger partial charge in [0.2, 0.25) is 0 Å². The second kappa shape index (κ2) is 6.58. The molecule has 4 heteroatoms.